The Morgan fingerprint density at radius 2 is 2.29 bits per heavy atom. The minimum Gasteiger partial charge on any atom is -0.369 e. The van der Waals surface area contributed by atoms with Crippen molar-refractivity contribution in [1.29, 1.82) is 0 Å². The number of primary amides is 1. The molecular weight excluding hydrogens is 272 g/mol. The second-order valence-corrected chi connectivity index (χ2v) is 5.35. The lowest BCUT2D eigenvalue weighted by molar-refractivity contribution is -0.128. The molecule has 1 atom stereocenters. The molecule has 1 aromatic heterocycles. The van der Waals surface area contributed by atoms with Crippen LogP contribution in [-0.2, 0) is 16.1 Å². The molecule has 2 rings (SSSR count). The number of hydrogen-bond donors (Lipinski definition) is 2. The Morgan fingerprint density at radius 3 is 3.00 bits per heavy atom. The van der Waals surface area contributed by atoms with Gasteiger partial charge in [0, 0.05) is 25.8 Å². The van der Waals surface area contributed by atoms with Gasteiger partial charge in [0.25, 0.3) is 0 Å². The number of hydrogen-bond acceptors (Lipinski definition) is 5. The average molecular weight is 294 g/mol. The van der Waals surface area contributed by atoms with Crippen LogP contribution < -0.4 is 11.1 Å². The van der Waals surface area contributed by atoms with Gasteiger partial charge in [0.05, 0.1) is 18.7 Å². The molecule has 1 unspecified atom stereocenters. The maximum Gasteiger partial charge on any atom is 0.231 e. The Hall–Kier alpha value is -1.96. The summed E-state index contributed by atoms with van der Waals surface area (Å²) in [6.07, 6.45) is 6.03. The zero-order valence-electron chi connectivity index (χ0n) is 12.1. The van der Waals surface area contributed by atoms with Crippen LogP contribution in [0.5, 0.6) is 0 Å². The number of rotatable bonds is 7. The number of carbonyl (C=O) groups excluding carboxylic acids is 2. The number of nitrogens with two attached hydrogens (primary N) is 1. The summed E-state index contributed by atoms with van der Waals surface area (Å²) < 4.78 is 1.74. The third-order valence-corrected chi connectivity index (χ3v) is 3.59. The number of likely N-dealkylation sites (tertiary alicyclic amines) is 1. The van der Waals surface area contributed by atoms with Gasteiger partial charge in [-0.1, -0.05) is 5.21 Å². The smallest absolute Gasteiger partial charge is 0.231 e. The molecule has 0 aliphatic carbocycles. The van der Waals surface area contributed by atoms with Crippen LogP contribution in [0.25, 0.3) is 0 Å². The molecule has 0 saturated carbocycles. The molecule has 1 aliphatic heterocycles. The van der Waals surface area contributed by atoms with Gasteiger partial charge in [-0.25, -0.2) is 0 Å². The monoisotopic (exact) mass is 294 g/mol. The number of aromatic nitrogens is 3. The second kappa shape index (κ2) is 7.72. The van der Waals surface area contributed by atoms with Crippen LogP contribution in [0.2, 0.25) is 0 Å². The maximum absolute atomic E-state index is 12.1. The van der Waals surface area contributed by atoms with Crippen molar-refractivity contribution in [3.63, 3.8) is 0 Å². The minimum atomic E-state index is -0.344. The Balaban J connectivity index is 1.66. The van der Waals surface area contributed by atoms with E-state index in [-0.39, 0.29) is 24.3 Å². The zero-order chi connectivity index (χ0) is 15.1. The Bertz CT molecular complexity index is 461. The van der Waals surface area contributed by atoms with Crippen molar-refractivity contribution in [3.05, 3.63) is 12.4 Å². The third kappa shape index (κ3) is 5.14. The lowest BCUT2D eigenvalue weighted by Crippen LogP contribution is -2.45. The number of nitrogens with zero attached hydrogens (tertiary/aromatic N) is 4. The number of amides is 2. The molecule has 3 N–H and O–H groups in total. The summed E-state index contributed by atoms with van der Waals surface area (Å²) in [6.45, 7) is 3.02. The molecule has 1 aliphatic rings. The largest absolute Gasteiger partial charge is 0.369 e. The molecule has 8 nitrogen and oxygen atoms in total. The fraction of sp³-hybridized carbons (Fsp3) is 0.692. The van der Waals surface area contributed by atoms with Gasteiger partial charge in [0.1, 0.15) is 0 Å². The quantitative estimate of drug-likeness (QED) is 0.626. The molecule has 1 aromatic rings. The van der Waals surface area contributed by atoms with Crippen LogP contribution in [0.15, 0.2) is 12.4 Å². The van der Waals surface area contributed by atoms with Crippen LogP contribution in [0, 0.1) is 5.92 Å². The first-order chi connectivity index (χ1) is 10.1. The molecule has 0 bridgehead atoms. The lowest BCUT2D eigenvalue weighted by atomic mass is 9.97. The van der Waals surface area contributed by atoms with Crippen molar-refractivity contribution >= 4 is 11.8 Å². The number of piperidine rings is 1. The molecule has 0 radical (unpaired) electrons. The Morgan fingerprint density at radius 1 is 1.43 bits per heavy atom. The van der Waals surface area contributed by atoms with Gasteiger partial charge in [0.2, 0.25) is 11.8 Å². The van der Waals surface area contributed by atoms with E-state index in [2.05, 4.69) is 15.6 Å². The average Bonchev–Trinajstić information content (AvgIpc) is 2.96. The SMILES string of the molecule is NC(=O)CN1CCCC(C(=O)NCCCn2ccnn2)C1. The molecule has 0 spiro atoms. The van der Waals surface area contributed by atoms with E-state index in [0.29, 0.717) is 13.1 Å². The number of carbonyl (C=O) groups is 2. The molecular formula is C13H22N6O2. The zero-order valence-corrected chi connectivity index (χ0v) is 12.1. The van der Waals surface area contributed by atoms with Gasteiger partial charge in [-0.05, 0) is 25.8 Å². The van der Waals surface area contributed by atoms with Crippen LogP contribution >= 0.6 is 0 Å². The summed E-state index contributed by atoms with van der Waals surface area (Å²) >= 11 is 0. The summed E-state index contributed by atoms with van der Waals surface area (Å²) in [5.74, 6) is -0.337. The molecule has 2 amide bonds. The fourth-order valence-electron chi connectivity index (χ4n) is 2.58. The summed E-state index contributed by atoms with van der Waals surface area (Å²) in [6, 6.07) is 0. The van der Waals surface area contributed by atoms with Crippen LogP contribution in [0.4, 0.5) is 0 Å². The summed E-state index contributed by atoms with van der Waals surface area (Å²) in [5.41, 5.74) is 5.19. The molecule has 116 valence electrons. The van der Waals surface area contributed by atoms with Gasteiger partial charge < -0.3 is 11.1 Å². The van der Waals surface area contributed by atoms with Crippen LogP contribution in [-0.4, -0.2) is 57.9 Å². The Labute approximate surface area is 123 Å². The molecule has 21 heavy (non-hydrogen) atoms. The normalized spacial score (nSPS) is 19.3. The molecule has 2 heterocycles. The molecule has 1 fully saturated rings. The second-order valence-electron chi connectivity index (χ2n) is 5.35. The van der Waals surface area contributed by atoms with Crippen molar-refractivity contribution < 1.29 is 9.59 Å². The number of aryl methyl sites for hydroxylation is 1. The first-order valence-electron chi connectivity index (χ1n) is 7.27. The van der Waals surface area contributed by atoms with Gasteiger partial charge in [-0.15, -0.1) is 5.10 Å². The van der Waals surface area contributed by atoms with E-state index in [0.717, 1.165) is 32.4 Å². The third-order valence-electron chi connectivity index (χ3n) is 3.59. The standard InChI is InChI=1S/C13H22N6O2/c14-12(20)10-18-6-1-3-11(9-18)13(21)15-4-2-7-19-8-5-16-17-19/h5,8,11H,1-4,6-7,9-10H2,(H2,14,20)(H,15,21). The highest BCUT2D eigenvalue weighted by Crippen LogP contribution is 2.16. The van der Waals surface area contributed by atoms with Crippen LogP contribution in [0.3, 0.4) is 0 Å². The van der Waals surface area contributed by atoms with Gasteiger partial charge in [0.15, 0.2) is 0 Å². The van der Waals surface area contributed by atoms with Crippen molar-refractivity contribution in [2.75, 3.05) is 26.2 Å². The molecule has 1 saturated heterocycles. The van der Waals surface area contributed by atoms with E-state index in [1.165, 1.54) is 0 Å². The van der Waals surface area contributed by atoms with Crippen LogP contribution in [0.1, 0.15) is 19.3 Å². The van der Waals surface area contributed by atoms with E-state index in [4.69, 9.17) is 5.73 Å². The van der Waals surface area contributed by atoms with Crippen molar-refractivity contribution in [1.82, 2.24) is 25.2 Å². The highest BCUT2D eigenvalue weighted by atomic mass is 16.2. The minimum absolute atomic E-state index is 0.0514. The summed E-state index contributed by atoms with van der Waals surface area (Å²) in [4.78, 5) is 25.0. The van der Waals surface area contributed by atoms with E-state index in [1.807, 2.05) is 4.90 Å². The number of nitrogens with one attached hydrogen (secondary N) is 1. The van der Waals surface area contributed by atoms with Crippen molar-refractivity contribution in [2.24, 2.45) is 11.7 Å². The summed E-state index contributed by atoms with van der Waals surface area (Å²) in [7, 11) is 0. The van der Waals surface area contributed by atoms with Gasteiger partial charge in [-0.3, -0.25) is 19.2 Å². The first-order valence-corrected chi connectivity index (χ1v) is 7.27. The van der Waals surface area contributed by atoms with Gasteiger partial charge in [-0.2, -0.15) is 0 Å². The molecule has 0 aromatic carbocycles. The highest BCUT2D eigenvalue weighted by Gasteiger charge is 2.25. The van der Waals surface area contributed by atoms with Gasteiger partial charge >= 0.3 is 0 Å². The fourth-order valence-corrected chi connectivity index (χ4v) is 2.58. The van der Waals surface area contributed by atoms with E-state index < -0.39 is 0 Å². The first kappa shape index (κ1) is 15.4. The molecule has 8 heteroatoms. The van der Waals surface area contributed by atoms with Crippen molar-refractivity contribution in [2.45, 2.75) is 25.8 Å². The van der Waals surface area contributed by atoms with E-state index in [9.17, 15) is 9.59 Å². The van der Waals surface area contributed by atoms with E-state index in [1.54, 1.807) is 17.1 Å². The maximum atomic E-state index is 12.1. The van der Waals surface area contributed by atoms with Crippen molar-refractivity contribution in [3.8, 4) is 0 Å². The predicted molar refractivity (Wildman–Crippen MR) is 76.0 cm³/mol. The highest BCUT2D eigenvalue weighted by molar-refractivity contribution is 5.79. The van der Waals surface area contributed by atoms with E-state index >= 15 is 0 Å². The Kier molecular flexibility index (Phi) is 5.68. The predicted octanol–water partition coefficient (Wildman–Crippen LogP) is -1.02. The lowest BCUT2D eigenvalue weighted by Gasteiger charge is -2.30. The topological polar surface area (TPSA) is 106 Å². The summed E-state index contributed by atoms with van der Waals surface area (Å²) in [5, 5.41) is 10.5.